The van der Waals surface area contributed by atoms with E-state index in [1.54, 1.807) is 59.6 Å². The molecule has 5 aromatic rings. The van der Waals surface area contributed by atoms with E-state index in [4.69, 9.17) is 26.1 Å². The van der Waals surface area contributed by atoms with Gasteiger partial charge in [-0.25, -0.2) is 4.98 Å². The third kappa shape index (κ3) is 7.17. The number of carbonyl (C=O) groups is 1. The highest BCUT2D eigenvalue weighted by Crippen LogP contribution is 2.39. The molecule has 3 heterocycles. The van der Waals surface area contributed by atoms with Crippen LogP contribution >= 0.6 is 11.6 Å². The second kappa shape index (κ2) is 14.2. The summed E-state index contributed by atoms with van der Waals surface area (Å²) < 4.78 is 12.5. The van der Waals surface area contributed by atoms with Crippen molar-refractivity contribution in [3.8, 4) is 22.6 Å². The Hall–Kier alpha value is -5.26. The van der Waals surface area contributed by atoms with Crippen molar-refractivity contribution >= 4 is 45.9 Å². The number of fused-ring (bicyclic) bond motifs is 1. The van der Waals surface area contributed by atoms with Crippen LogP contribution in [-0.2, 0) is 4.79 Å². The lowest BCUT2D eigenvalue weighted by molar-refractivity contribution is -0.111. The summed E-state index contributed by atoms with van der Waals surface area (Å²) in [5, 5.41) is 6.92. The maximum absolute atomic E-state index is 14.5. The molecular formula is C34H34ClN7O4. The number of nitrogens with one attached hydrogen (secondary N) is 2. The Morgan fingerprint density at radius 1 is 1.04 bits per heavy atom. The van der Waals surface area contributed by atoms with E-state index >= 15 is 0 Å². The van der Waals surface area contributed by atoms with Gasteiger partial charge in [0, 0.05) is 53.3 Å². The number of nitrogens with zero attached hydrogens (tertiary/aromatic N) is 5. The molecule has 0 radical (unpaired) electrons. The summed E-state index contributed by atoms with van der Waals surface area (Å²) >= 11 is 6.76. The Balaban J connectivity index is 1.65. The predicted molar refractivity (Wildman–Crippen MR) is 181 cm³/mol. The molecule has 1 unspecified atom stereocenters. The number of ether oxygens (including phenoxy) is 2. The number of hydrogen-bond donors (Lipinski definition) is 2. The Morgan fingerprint density at radius 3 is 2.57 bits per heavy atom. The van der Waals surface area contributed by atoms with Crippen molar-refractivity contribution < 1.29 is 14.3 Å². The fourth-order valence-electron chi connectivity index (χ4n) is 4.91. The molecule has 0 aliphatic heterocycles. The van der Waals surface area contributed by atoms with Crippen molar-refractivity contribution in [2.75, 3.05) is 45.5 Å². The van der Waals surface area contributed by atoms with Gasteiger partial charge in [-0.05, 0) is 63.0 Å². The van der Waals surface area contributed by atoms with Gasteiger partial charge in [-0.2, -0.15) is 4.98 Å². The van der Waals surface area contributed by atoms with Crippen LogP contribution in [0.3, 0.4) is 0 Å². The average Bonchev–Trinajstić information content (AvgIpc) is 3.05. The molecule has 0 aliphatic rings. The Morgan fingerprint density at radius 2 is 1.85 bits per heavy atom. The molecule has 236 valence electrons. The number of likely N-dealkylation sites (N-methyl/N-ethyl adjacent to an activating group) is 1. The summed E-state index contributed by atoms with van der Waals surface area (Å²) in [6.45, 7) is 2.53. The molecule has 3 aromatic heterocycles. The zero-order chi connectivity index (χ0) is 32.8. The topological polar surface area (TPSA) is 124 Å². The highest BCUT2D eigenvalue weighted by atomic mass is 35.5. The summed E-state index contributed by atoms with van der Waals surface area (Å²) in [6, 6.07) is 15.5. The van der Waals surface area contributed by atoms with E-state index in [2.05, 4.69) is 20.6 Å². The Labute approximate surface area is 271 Å². The van der Waals surface area contributed by atoms with Crippen LogP contribution in [0.2, 0.25) is 5.02 Å². The maximum atomic E-state index is 14.5. The number of hydrogen-bond acceptors (Lipinski definition) is 9. The number of rotatable bonds is 11. The van der Waals surface area contributed by atoms with Crippen molar-refractivity contribution in [3.63, 3.8) is 0 Å². The lowest BCUT2D eigenvalue weighted by Gasteiger charge is -2.21. The number of anilines is 3. The molecule has 0 aliphatic carbocycles. The fraction of sp³-hybridized carbons (Fsp3) is 0.206. The molecule has 0 saturated heterocycles. The van der Waals surface area contributed by atoms with Gasteiger partial charge in [-0.3, -0.25) is 19.1 Å². The minimum atomic E-state index is -0.525. The molecule has 1 amide bonds. The quantitative estimate of drug-likeness (QED) is 0.169. The lowest BCUT2D eigenvalue weighted by atomic mass is 10.0. The van der Waals surface area contributed by atoms with E-state index in [1.807, 2.05) is 50.2 Å². The highest BCUT2D eigenvalue weighted by Gasteiger charge is 2.22. The molecule has 2 aromatic carbocycles. The van der Waals surface area contributed by atoms with Gasteiger partial charge >= 0.3 is 0 Å². The minimum absolute atomic E-state index is 0.253. The average molecular weight is 640 g/mol. The van der Waals surface area contributed by atoms with Gasteiger partial charge < -0.3 is 25.0 Å². The van der Waals surface area contributed by atoms with Gasteiger partial charge in [0.1, 0.15) is 17.1 Å². The fourth-order valence-corrected chi connectivity index (χ4v) is 5.20. The molecule has 0 saturated carbocycles. The first-order valence-corrected chi connectivity index (χ1v) is 14.8. The summed E-state index contributed by atoms with van der Waals surface area (Å²) in [7, 11) is 6.88. The highest BCUT2D eigenvalue weighted by molar-refractivity contribution is 6.35. The van der Waals surface area contributed by atoms with Crippen LogP contribution in [0.4, 0.5) is 17.3 Å². The van der Waals surface area contributed by atoms with E-state index in [1.165, 1.54) is 20.3 Å². The lowest BCUT2D eigenvalue weighted by Crippen LogP contribution is -2.27. The Kier molecular flexibility index (Phi) is 9.94. The number of aromatic nitrogens is 4. The van der Waals surface area contributed by atoms with Crippen molar-refractivity contribution in [1.82, 2.24) is 24.4 Å². The summed E-state index contributed by atoms with van der Waals surface area (Å²) in [4.78, 5) is 42.4. The van der Waals surface area contributed by atoms with Gasteiger partial charge in [-0.1, -0.05) is 29.8 Å². The third-order valence-corrected chi connectivity index (χ3v) is 7.60. The van der Waals surface area contributed by atoms with Crippen LogP contribution in [-0.4, -0.2) is 65.2 Å². The van der Waals surface area contributed by atoms with Gasteiger partial charge in [0.25, 0.3) is 5.56 Å². The van der Waals surface area contributed by atoms with Crippen LogP contribution in [0, 0.1) is 0 Å². The van der Waals surface area contributed by atoms with Crippen molar-refractivity contribution in [3.05, 3.63) is 106 Å². The number of halogens is 1. The normalized spacial score (nSPS) is 12.0. The van der Waals surface area contributed by atoms with E-state index < -0.39 is 6.04 Å². The van der Waals surface area contributed by atoms with Crippen LogP contribution < -0.4 is 25.7 Å². The molecule has 1 atom stereocenters. The number of benzene rings is 2. The van der Waals surface area contributed by atoms with E-state index in [0.29, 0.717) is 57.5 Å². The largest absolute Gasteiger partial charge is 0.497 e. The number of amides is 1. The molecule has 0 fully saturated rings. The standard InChI is InChI=1S/C34H34ClN7O4/c1-21(22-9-6-10-24(15-22)38-30(43)12-8-14-41(2)3)42-32-23(19-37-34(40-32)39-25-11-7-13-36-20-25)16-28(33(42)44)27-17-26(45-4)18-29(46-5)31(27)35/h6-13,15-21H,14H2,1-5H3,(H,38,43)(H,37,39,40)/b12-8+. The molecule has 5 rings (SSSR count). The van der Waals surface area contributed by atoms with Crippen LogP contribution in [0.1, 0.15) is 18.5 Å². The van der Waals surface area contributed by atoms with Crippen LogP contribution in [0.5, 0.6) is 11.5 Å². The van der Waals surface area contributed by atoms with Gasteiger partial charge in [0.15, 0.2) is 0 Å². The molecule has 0 bridgehead atoms. The van der Waals surface area contributed by atoms with Gasteiger partial charge in [0.2, 0.25) is 11.9 Å². The first-order valence-electron chi connectivity index (χ1n) is 14.4. The maximum Gasteiger partial charge on any atom is 0.260 e. The molecule has 11 nitrogen and oxygen atoms in total. The number of methoxy groups -OCH3 is 2. The molecule has 2 N–H and O–H groups in total. The Bertz CT molecular complexity index is 1960. The summed E-state index contributed by atoms with van der Waals surface area (Å²) in [6.07, 6.45) is 8.25. The van der Waals surface area contributed by atoms with Crippen molar-refractivity contribution in [2.45, 2.75) is 13.0 Å². The first kappa shape index (κ1) is 32.1. The van der Waals surface area contributed by atoms with Crippen LogP contribution in [0.15, 0.2) is 90.1 Å². The SMILES string of the molecule is COc1cc(OC)c(Cl)c(-c2cc3cnc(Nc4cccnc4)nc3n(C(C)c3cccc(NC(=O)/C=C/CN(C)C)c3)c2=O)c1. The first-order chi connectivity index (χ1) is 22.2. The van der Waals surface area contributed by atoms with Crippen molar-refractivity contribution in [1.29, 1.82) is 0 Å². The second-order valence-corrected chi connectivity index (χ2v) is 11.1. The molecule has 46 heavy (non-hydrogen) atoms. The smallest absolute Gasteiger partial charge is 0.260 e. The number of carbonyl (C=O) groups excluding carboxylic acids is 1. The second-order valence-electron chi connectivity index (χ2n) is 10.7. The molecule has 12 heteroatoms. The van der Waals surface area contributed by atoms with Crippen molar-refractivity contribution in [2.24, 2.45) is 0 Å². The van der Waals surface area contributed by atoms with Gasteiger partial charge in [0.05, 0.1) is 37.2 Å². The van der Waals surface area contributed by atoms with Crippen LogP contribution in [0.25, 0.3) is 22.2 Å². The van der Waals surface area contributed by atoms with Gasteiger partial charge in [-0.15, -0.1) is 0 Å². The monoisotopic (exact) mass is 639 g/mol. The predicted octanol–water partition coefficient (Wildman–Crippen LogP) is 5.93. The third-order valence-electron chi connectivity index (χ3n) is 7.21. The zero-order valence-electron chi connectivity index (χ0n) is 26.1. The van der Waals surface area contributed by atoms with E-state index in [9.17, 15) is 9.59 Å². The van der Waals surface area contributed by atoms with E-state index in [0.717, 1.165) is 5.56 Å². The summed E-state index contributed by atoms with van der Waals surface area (Å²) in [5.41, 5.74) is 2.86. The number of pyridine rings is 2. The molecular weight excluding hydrogens is 606 g/mol. The summed E-state index contributed by atoms with van der Waals surface area (Å²) in [5.74, 6) is 0.882. The zero-order valence-corrected chi connectivity index (χ0v) is 26.9. The van der Waals surface area contributed by atoms with E-state index in [-0.39, 0.29) is 16.5 Å². The molecule has 0 spiro atoms. The minimum Gasteiger partial charge on any atom is -0.497 e.